The van der Waals surface area contributed by atoms with Crippen LogP contribution in [0, 0.1) is 6.92 Å². The van der Waals surface area contributed by atoms with Crippen LogP contribution in [0.25, 0.3) is 5.57 Å². The molecule has 0 aliphatic heterocycles. The molecule has 0 aliphatic rings. The van der Waals surface area contributed by atoms with Gasteiger partial charge in [0.1, 0.15) is 0 Å². The lowest BCUT2D eigenvalue weighted by atomic mass is 10.1. The molecule has 0 N–H and O–H groups in total. The average Bonchev–Trinajstić information content (AvgIpc) is 2.68. The fraction of sp³-hybridized carbons (Fsp3) is 0.250. The molecule has 1 aromatic carbocycles. The zero-order valence-electron chi connectivity index (χ0n) is 16.6. The minimum Gasteiger partial charge on any atom is -0.256 e. The maximum Gasteiger partial charge on any atom is 0.0696 e. The largest absolute Gasteiger partial charge is 0.256 e. The first-order valence-electron chi connectivity index (χ1n) is 9.25. The average molecular weight is 379 g/mol. The van der Waals surface area contributed by atoms with E-state index < -0.39 is 0 Å². The first-order valence-corrected chi connectivity index (χ1v) is 9.62. The van der Waals surface area contributed by atoms with Gasteiger partial charge >= 0.3 is 0 Å². The molecule has 0 spiro atoms. The van der Waals surface area contributed by atoms with Crippen LogP contribution in [0.15, 0.2) is 71.9 Å². The summed E-state index contributed by atoms with van der Waals surface area (Å²) in [4.78, 5) is 9.46. The fourth-order valence-electron chi connectivity index (χ4n) is 2.52. The van der Waals surface area contributed by atoms with E-state index in [9.17, 15) is 0 Å². The molecule has 3 heteroatoms. The number of nitrogens with zero attached hydrogens (tertiary/aromatic N) is 2. The van der Waals surface area contributed by atoms with E-state index in [2.05, 4.69) is 37.6 Å². The van der Waals surface area contributed by atoms with Crippen LogP contribution < -0.4 is 0 Å². The Kier molecular flexibility index (Phi) is 7.75. The number of hydrogen-bond donors (Lipinski definition) is 0. The summed E-state index contributed by atoms with van der Waals surface area (Å²) in [6.45, 7) is 12.4. The summed E-state index contributed by atoms with van der Waals surface area (Å²) >= 11 is 6.14. The Balaban J connectivity index is 2.31. The molecule has 0 fully saturated rings. The molecule has 0 aliphatic carbocycles. The SMILES string of the molecule is C=C(C=CC(C)=CC)c1ccc(C(CCC)=Nc2cc(Cl)ccc2C)cn1. The van der Waals surface area contributed by atoms with E-state index in [-0.39, 0.29) is 0 Å². The molecular formula is C24H27ClN2. The fourth-order valence-corrected chi connectivity index (χ4v) is 2.68. The Labute approximate surface area is 168 Å². The molecular weight excluding hydrogens is 352 g/mol. The summed E-state index contributed by atoms with van der Waals surface area (Å²) < 4.78 is 0. The zero-order valence-corrected chi connectivity index (χ0v) is 17.3. The topological polar surface area (TPSA) is 25.2 Å². The smallest absolute Gasteiger partial charge is 0.0696 e. The van der Waals surface area contributed by atoms with E-state index in [0.717, 1.165) is 46.6 Å². The summed E-state index contributed by atoms with van der Waals surface area (Å²) in [7, 11) is 0. The number of pyridine rings is 1. The second kappa shape index (κ2) is 10.0. The quantitative estimate of drug-likeness (QED) is 0.361. The Bertz CT molecular complexity index is 887. The number of rotatable bonds is 7. The van der Waals surface area contributed by atoms with Gasteiger partial charge in [-0.15, -0.1) is 0 Å². The van der Waals surface area contributed by atoms with E-state index in [4.69, 9.17) is 16.6 Å². The number of aromatic nitrogens is 1. The van der Waals surface area contributed by atoms with Crippen LogP contribution in [0.1, 0.15) is 50.4 Å². The number of benzene rings is 1. The second-order valence-corrected chi connectivity index (χ2v) is 7.00. The van der Waals surface area contributed by atoms with Crippen molar-refractivity contribution >= 4 is 28.6 Å². The van der Waals surface area contributed by atoms with Crippen molar-refractivity contribution in [1.29, 1.82) is 0 Å². The first-order chi connectivity index (χ1) is 12.9. The molecule has 140 valence electrons. The molecule has 0 amide bonds. The van der Waals surface area contributed by atoms with Gasteiger partial charge in [-0.05, 0) is 62.6 Å². The maximum atomic E-state index is 6.14. The van der Waals surface area contributed by atoms with Gasteiger partial charge in [0, 0.05) is 22.5 Å². The summed E-state index contributed by atoms with van der Waals surface area (Å²) in [6.07, 6.45) is 9.88. The van der Waals surface area contributed by atoms with E-state index in [1.54, 1.807) is 0 Å². The van der Waals surface area contributed by atoms with Gasteiger partial charge in [0.05, 0.1) is 11.4 Å². The van der Waals surface area contributed by atoms with Gasteiger partial charge < -0.3 is 0 Å². The van der Waals surface area contributed by atoms with Crippen molar-refractivity contribution in [1.82, 2.24) is 4.98 Å². The third-order valence-corrected chi connectivity index (χ3v) is 4.58. The summed E-state index contributed by atoms with van der Waals surface area (Å²) in [6, 6.07) is 9.86. The second-order valence-electron chi connectivity index (χ2n) is 6.56. The molecule has 0 atom stereocenters. The highest BCUT2D eigenvalue weighted by atomic mass is 35.5. The molecule has 2 rings (SSSR count). The highest BCUT2D eigenvalue weighted by Gasteiger charge is 2.07. The van der Waals surface area contributed by atoms with E-state index in [1.807, 2.05) is 56.5 Å². The number of allylic oxidation sites excluding steroid dienone is 5. The van der Waals surface area contributed by atoms with Gasteiger partial charge in [0.2, 0.25) is 0 Å². The highest BCUT2D eigenvalue weighted by Crippen LogP contribution is 2.25. The lowest BCUT2D eigenvalue weighted by Crippen LogP contribution is -2.02. The third-order valence-electron chi connectivity index (χ3n) is 4.34. The molecule has 1 aromatic heterocycles. The molecule has 27 heavy (non-hydrogen) atoms. The monoisotopic (exact) mass is 378 g/mol. The number of aliphatic imine (C=N–C) groups is 1. The van der Waals surface area contributed by atoms with Gasteiger partial charge in [0.25, 0.3) is 0 Å². The van der Waals surface area contributed by atoms with Crippen molar-refractivity contribution in [3.05, 3.63) is 88.8 Å². The Hall–Kier alpha value is -2.45. The minimum atomic E-state index is 0.697. The third kappa shape index (κ3) is 6.04. The predicted octanol–water partition coefficient (Wildman–Crippen LogP) is 7.50. The minimum absolute atomic E-state index is 0.697. The maximum absolute atomic E-state index is 6.14. The number of aryl methyl sites for hydroxylation is 1. The first kappa shape index (κ1) is 20.9. The Morgan fingerprint density at radius 1 is 1.22 bits per heavy atom. The van der Waals surface area contributed by atoms with E-state index >= 15 is 0 Å². The van der Waals surface area contributed by atoms with Crippen molar-refractivity contribution in [2.75, 3.05) is 0 Å². The molecule has 0 saturated heterocycles. The van der Waals surface area contributed by atoms with Crippen LogP contribution in [-0.4, -0.2) is 10.7 Å². The van der Waals surface area contributed by atoms with Gasteiger partial charge in [-0.25, -0.2) is 0 Å². The summed E-state index contributed by atoms with van der Waals surface area (Å²) in [5, 5.41) is 0.697. The van der Waals surface area contributed by atoms with Crippen LogP contribution >= 0.6 is 11.6 Å². The van der Waals surface area contributed by atoms with Crippen LogP contribution in [0.5, 0.6) is 0 Å². The van der Waals surface area contributed by atoms with Crippen molar-refractivity contribution < 1.29 is 0 Å². The standard InChI is InChI=1S/C24H27ClN2/c1-6-8-23(27-24-15-21(25)13-11-19(24)5)20-12-14-22(26-16-20)18(4)10-9-17(3)7-2/h7,9-16H,4,6,8H2,1-3,5H3. The van der Waals surface area contributed by atoms with E-state index in [0.29, 0.717) is 5.02 Å². The van der Waals surface area contributed by atoms with Gasteiger partial charge in [-0.2, -0.15) is 0 Å². The number of hydrogen-bond acceptors (Lipinski definition) is 2. The van der Waals surface area contributed by atoms with Crippen LogP contribution in [0.2, 0.25) is 5.02 Å². The molecule has 1 heterocycles. The van der Waals surface area contributed by atoms with Crippen molar-refractivity contribution in [3.8, 4) is 0 Å². The van der Waals surface area contributed by atoms with Crippen LogP contribution in [0.3, 0.4) is 0 Å². The van der Waals surface area contributed by atoms with Gasteiger partial charge in [0.15, 0.2) is 0 Å². The Morgan fingerprint density at radius 2 is 2.00 bits per heavy atom. The molecule has 0 unspecified atom stereocenters. The van der Waals surface area contributed by atoms with E-state index in [1.165, 1.54) is 5.57 Å². The van der Waals surface area contributed by atoms with Crippen molar-refractivity contribution in [3.63, 3.8) is 0 Å². The molecule has 0 bridgehead atoms. The molecule has 0 radical (unpaired) electrons. The van der Waals surface area contributed by atoms with Gasteiger partial charge in [-0.1, -0.05) is 61.4 Å². The summed E-state index contributed by atoms with van der Waals surface area (Å²) in [5.74, 6) is 0. The normalized spacial score (nSPS) is 12.6. The molecule has 2 nitrogen and oxygen atoms in total. The lowest BCUT2D eigenvalue weighted by molar-refractivity contribution is 0.990. The zero-order chi connectivity index (χ0) is 19.8. The van der Waals surface area contributed by atoms with Crippen molar-refractivity contribution in [2.24, 2.45) is 4.99 Å². The predicted molar refractivity (Wildman–Crippen MR) is 119 cm³/mol. The molecule has 2 aromatic rings. The lowest BCUT2D eigenvalue weighted by Gasteiger charge is -2.09. The van der Waals surface area contributed by atoms with Crippen molar-refractivity contribution in [2.45, 2.75) is 40.5 Å². The summed E-state index contributed by atoms with van der Waals surface area (Å²) in [5.41, 5.74) is 7.02. The highest BCUT2D eigenvalue weighted by molar-refractivity contribution is 6.30. The molecule has 0 saturated carbocycles. The Morgan fingerprint density at radius 3 is 2.63 bits per heavy atom. The van der Waals surface area contributed by atoms with Crippen LogP contribution in [0.4, 0.5) is 5.69 Å². The van der Waals surface area contributed by atoms with Gasteiger partial charge in [-0.3, -0.25) is 9.98 Å². The number of halogens is 1. The van der Waals surface area contributed by atoms with Crippen LogP contribution in [-0.2, 0) is 0 Å².